The van der Waals surface area contributed by atoms with Crippen molar-refractivity contribution in [3.8, 4) is 5.75 Å². The normalized spacial score (nSPS) is 11.7. The number of aromatic nitrogens is 4. The highest BCUT2D eigenvalue weighted by atomic mass is 32.2. The first-order valence-corrected chi connectivity index (χ1v) is 9.00. The van der Waals surface area contributed by atoms with Gasteiger partial charge in [0.2, 0.25) is 0 Å². The van der Waals surface area contributed by atoms with E-state index in [0.29, 0.717) is 28.7 Å². The van der Waals surface area contributed by atoms with Crippen LogP contribution >= 0.6 is 0 Å². The number of nitrogens with zero attached hydrogens (tertiary/aromatic N) is 4. The van der Waals surface area contributed by atoms with Gasteiger partial charge in [-0.2, -0.15) is 5.10 Å². The molecule has 3 rings (SSSR count). The van der Waals surface area contributed by atoms with E-state index in [1.807, 2.05) is 0 Å². The van der Waals surface area contributed by atoms with Crippen molar-refractivity contribution in [2.75, 3.05) is 18.7 Å². The van der Waals surface area contributed by atoms with Crippen molar-refractivity contribution in [2.45, 2.75) is 11.8 Å². The maximum absolute atomic E-state index is 11.9. The highest BCUT2D eigenvalue weighted by molar-refractivity contribution is 7.90. The largest absolute Gasteiger partial charge is 0.495 e. The van der Waals surface area contributed by atoms with E-state index in [9.17, 15) is 8.42 Å². The van der Waals surface area contributed by atoms with Crippen molar-refractivity contribution in [1.82, 2.24) is 19.7 Å². The van der Waals surface area contributed by atoms with Crippen LogP contribution in [0.4, 0.5) is 11.5 Å². The van der Waals surface area contributed by atoms with E-state index in [1.54, 1.807) is 37.0 Å². The predicted molar refractivity (Wildman–Crippen MR) is 90.4 cm³/mol. The lowest BCUT2D eigenvalue weighted by atomic mass is 10.3. The molecule has 24 heavy (non-hydrogen) atoms. The molecular weight excluding hydrogens is 330 g/mol. The van der Waals surface area contributed by atoms with Crippen molar-refractivity contribution < 1.29 is 13.2 Å². The quantitative estimate of drug-likeness (QED) is 0.768. The Morgan fingerprint density at radius 3 is 2.67 bits per heavy atom. The summed E-state index contributed by atoms with van der Waals surface area (Å²) in [5.41, 5.74) is 1.28. The van der Waals surface area contributed by atoms with Gasteiger partial charge >= 0.3 is 0 Å². The van der Waals surface area contributed by atoms with E-state index in [2.05, 4.69) is 20.4 Å². The zero-order chi connectivity index (χ0) is 17.5. The van der Waals surface area contributed by atoms with Crippen LogP contribution in [-0.2, 0) is 16.9 Å². The minimum atomic E-state index is -3.42. The van der Waals surface area contributed by atoms with Gasteiger partial charge in [-0.05, 0) is 25.1 Å². The van der Waals surface area contributed by atoms with Crippen molar-refractivity contribution in [3.63, 3.8) is 0 Å². The topological polar surface area (TPSA) is 99.0 Å². The number of fused-ring (bicyclic) bond motifs is 1. The van der Waals surface area contributed by atoms with E-state index < -0.39 is 9.84 Å². The Morgan fingerprint density at radius 2 is 2.00 bits per heavy atom. The molecule has 0 fully saturated rings. The molecule has 0 unspecified atom stereocenters. The first kappa shape index (κ1) is 16.2. The summed E-state index contributed by atoms with van der Waals surface area (Å²) in [6, 6.07) is 4.86. The van der Waals surface area contributed by atoms with Gasteiger partial charge in [0.05, 0.1) is 18.7 Å². The third kappa shape index (κ3) is 2.90. The Hall–Kier alpha value is -2.68. The van der Waals surface area contributed by atoms with Gasteiger partial charge in [0, 0.05) is 19.0 Å². The molecule has 0 radical (unpaired) electrons. The maximum Gasteiger partial charge on any atom is 0.179 e. The minimum absolute atomic E-state index is 0.114. The average molecular weight is 347 g/mol. The first-order chi connectivity index (χ1) is 11.3. The highest BCUT2D eigenvalue weighted by Gasteiger charge is 2.16. The summed E-state index contributed by atoms with van der Waals surface area (Å²) in [7, 11) is -0.187. The van der Waals surface area contributed by atoms with Crippen LogP contribution in [0.25, 0.3) is 11.0 Å². The smallest absolute Gasteiger partial charge is 0.179 e. The molecule has 9 heteroatoms. The standard InChI is InChI=1S/C15H17N5O3S/c1-9-17-14(11-8-16-20(2)15(11)18-9)19-10-5-6-12(23-3)13(7-10)24(4,21)22/h5-8H,1-4H3,(H,17,18,19). The maximum atomic E-state index is 11.9. The van der Waals surface area contributed by atoms with Crippen LogP contribution in [0.15, 0.2) is 29.3 Å². The van der Waals surface area contributed by atoms with E-state index >= 15 is 0 Å². The van der Waals surface area contributed by atoms with Gasteiger partial charge in [0.25, 0.3) is 0 Å². The molecule has 1 N–H and O–H groups in total. The molecule has 0 aliphatic heterocycles. The lowest BCUT2D eigenvalue weighted by molar-refractivity contribution is 0.403. The van der Waals surface area contributed by atoms with E-state index in [1.165, 1.54) is 13.2 Å². The van der Waals surface area contributed by atoms with Crippen LogP contribution < -0.4 is 10.1 Å². The van der Waals surface area contributed by atoms with Crippen LogP contribution in [-0.4, -0.2) is 41.5 Å². The predicted octanol–water partition coefficient (Wildman–Crippen LogP) is 1.83. The van der Waals surface area contributed by atoms with E-state index in [-0.39, 0.29) is 4.90 Å². The Morgan fingerprint density at radius 1 is 1.25 bits per heavy atom. The van der Waals surface area contributed by atoms with Gasteiger partial charge in [-0.25, -0.2) is 18.4 Å². The molecule has 3 aromatic rings. The Bertz CT molecular complexity index is 1030. The van der Waals surface area contributed by atoms with Crippen molar-refractivity contribution in [3.05, 3.63) is 30.2 Å². The van der Waals surface area contributed by atoms with Gasteiger partial charge in [-0.15, -0.1) is 0 Å². The van der Waals surface area contributed by atoms with Gasteiger partial charge < -0.3 is 10.1 Å². The summed E-state index contributed by atoms with van der Waals surface area (Å²) in [4.78, 5) is 8.86. The fourth-order valence-corrected chi connectivity index (χ4v) is 3.27. The zero-order valence-corrected chi connectivity index (χ0v) is 14.5. The van der Waals surface area contributed by atoms with Crippen LogP contribution in [0.2, 0.25) is 0 Å². The van der Waals surface area contributed by atoms with Crippen LogP contribution in [0.3, 0.4) is 0 Å². The van der Waals surface area contributed by atoms with Gasteiger partial charge in [0.1, 0.15) is 22.3 Å². The number of nitrogens with one attached hydrogen (secondary N) is 1. The third-order valence-corrected chi connectivity index (χ3v) is 4.65. The molecule has 0 aliphatic rings. The van der Waals surface area contributed by atoms with Gasteiger partial charge in [-0.3, -0.25) is 4.68 Å². The minimum Gasteiger partial charge on any atom is -0.495 e. The lowest BCUT2D eigenvalue weighted by Crippen LogP contribution is -2.03. The summed E-state index contributed by atoms with van der Waals surface area (Å²) in [5.74, 6) is 1.45. The summed E-state index contributed by atoms with van der Waals surface area (Å²) in [5, 5.41) is 8.07. The molecule has 0 spiro atoms. The van der Waals surface area contributed by atoms with Crippen molar-refractivity contribution in [1.29, 1.82) is 0 Å². The molecule has 0 saturated heterocycles. The van der Waals surface area contributed by atoms with E-state index in [4.69, 9.17) is 4.74 Å². The summed E-state index contributed by atoms with van der Waals surface area (Å²) < 4.78 is 30.7. The number of benzene rings is 1. The Kier molecular flexibility index (Phi) is 3.88. The van der Waals surface area contributed by atoms with Gasteiger partial charge in [0.15, 0.2) is 15.5 Å². The molecule has 0 aliphatic carbocycles. The Balaban J connectivity index is 2.09. The van der Waals surface area contributed by atoms with E-state index in [0.717, 1.165) is 11.6 Å². The fourth-order valence-electron chi connectivity index (χ4n) is 2.41. The number of rotatable bonds is 4. The summed E-state index contributed by atoms with van der Waals surface area (Å²) in [6.45, 7) is 1.79. The molecule has 8 nitrogen and oxygen atoms in total. The van der Waals surface area contributed by atoms with Crippen molar-refractivity contribution in [2.24, 2.45) is 7.05 Å². The second-order valence-corrected chi connectivity index (χ2v) is 7.37. The van der Waals surface area contributed by atoms with Crippen molar-refractivity contribution >= 4 is 32.4 Å². The second-order valence-electron chi connectivity index (χ2n) is 5.39. The number of hydrogen-bond donors (Lipinski definition) is 1. The number of sulfone groups is 1. The average Bonchev–Trinajstić information content (AvgIpc) is 2.88. The monoisotopic (exact) mass is 347 g/mol. The molecular formula is C15H17N5O3S. The SMILES string of the molecule is COc1ccc(Nc2nc(C)nc3c2cnn3C)cc1S(C)(=O)=O. The van der Waals surface area contributed by atoms with Crippen LogP contribution in [0.5, 0.6) is 5.75 Å². The first-order valence-electron chi connectivity index (χ1n) is 7.11. The highest BCUT2D eigenvalue weighted by Crippen LogP contribution is 2.30. The zero-order valence-electron chi connectivity index (χ0n) is 13.7. The molecule has 2 aromatic heterocycles. The molecule has 0 atom stereocenters. The summed E-state index contributed by atoms with van der Waals surface area (Å²) >= 11 is 0. The molecule has 1 aromatic carbocycles. The lowest BCUT2D eigenvalue weighted by Gasteiger charge is -2.11. The van der Waals surface area contributed by atoms with Crippen LogP contribution in [0.1, 0.15) is 5.82 Å². The van der Waals surface area contributed by atoms with Crippen LogP contribution in [0, 0.1) is 6.92 Å². The number of aryl methyl sites for hydroxylation is 2. The second kappa shape index (κ2) is 5.75. The number of anilines is 2. The third-order valence-electron chi connectivity index (χ3n) is 3.53. The molecule has 126 valence electrons. The number of methoxy groups -OCH3 is 1. The molecule has 2 heterocycles. The molecule has 0 amide bonds. The summed E-state index contributed by atoms with van der Waals surface area (Å²) in [6.07, 6.45) is 2.81. The fraction of sp³-hybridized carbons (Fsp3) is 0.267. The number of hydrogen-bond acceptors (Lipinski definition) is 7. The molecule has 0 bridgehead atoms. The van der Waals surface area contributed by atoms with Gasteiger partial charge in [-0.1, -0.05) is 0 Å². The number of ether oxygens (including phenoxy) is 1. The molecule has 0 saturated carbocycles. The Labute approximate surface area is 139 Å².